The summed E-state index contributed by atoms with van der Waals surface area (Å²) >= 11 is 0. The molecule has 0 aliphatic carbocycles. The minimum absolute atomic E-state index is 0.277. The number of benzene rings is 3. The number of terminal acetylenes is 1. The molecule has 1 atom stereocenters. The Kier molecular flexibility index (Phi) is 5.50. The average Bonchev–Trinajstić information content (AvgIpc) is 2.70. The molecule has 0 radical (unpaired) electrons. The SMILES string of the molecule is C#CC(C)(O[SiH2]C(c1ccccc1)c1ccccc1)c1ccccc1. The van der Waals surface area contributed by atoms with Crippen molar-refractivity contribution in [3.05, 3.63) is 108 Å². The second-order valence-corrected chi connectivity index (χ2v) is 7.67. The first kappa shape index (κ1) is 17.2. The quantitative estimate of drug-likeness (QED) is 0.476. The normalized spacial score (nSPS) is 13.6. The predicted octanol–water partition coefficient (Wildman–Crippen LogP) is 4.43. The van der Waals surface area contributed by atoms with Gasteiger partial charge in [-0.1, -0.05) is 96.9 Å². The average molecular weight is 343 g/mol. The molecule has 3 aromatic rings. The highest BCUT2D eigenvalue weighted by atomic mass is 28.2. The van der Waals surface area contributed by atoms with Gasteiger partial charge < -0.3 is 4.43 Å². The van der Waals surface area contributed by atoms with Gasteiger partial charge in [0.1, 0.15) is 5.60 Å². The highest BCUT2D eigenvalue weighted by molar-refractivity contribution is 6.31. The molecule has 0 aliphatic rings. The third kappa shape index (κ3) is 4.08. The summed E-state index contributed by atoms with van der Waals surface area (Å²) < 4.78 is 6.44. The molecule has 1 nitrogen and oxygen atoms in total. The number of hydrogen-bond donors (Lipinski definition) is 0. The van der Waals surface area contributed by atoms with E-state index in [-0.39, 0.29) is 5.54 Å². The molecule has 2 heteroatoms. The molecule has 0 saturated heterocycles. The van der Waals surface area contributed by atoms with Crippen molar-refractivity contribution in [2.75, 3.05) is 0 Å². The van der Waals surface area contributed by atoms with Gasteiger partial charge in [-0.25, -0.2) is 0 Å². The number of rotatable bonds is 6. The van der Waals surface area contributed by atoms with Crippen molar-refractivity contribution in [3.63, 3.8) is 0 Å². The van der Waals surface area contributed by atoms with E-state index in [1.165, 1.54) is 11.1 Å². The lowest BCUT2D eigenvalue weighted by Gasteiger charge is -2.28. The predicted molar refractivity (Wildman–Crippen MR) is 107 cm³/mol. The fraction of sp³-hybridized carbons (Fsp3) is 0.130. The molecule has 124 valence electrons. The molecular formula is C23H22OSi. The molecule has 0 saturated carbocycles. The summed E-state index contributed by atoms with van der Waals surface area (Å²) in [6.45, 7) is 1.99. The lowest BCUT2D eigenvalue weighted by molar-refractivity contribution is 0.158. The summed E-state index contributed by atoms with van der Waals surface area (Å²) in [6.07, 6.45) is 5.85. The van der Waals surface area contributed by atoms with Gasteiger partial charge in [-0.3, -0.25) is 0 Å². The molecule has 0 bridgehead atoms. The van der Waals surface area contributed by atoms with Crippen molar-refractivity contribution in [2.45, 2.75) is 18.1 Å². The van der Waals surface area contributed by atoms with Gasteiger partial charge in [0.05, 0.1) is 0 Å². The Hall–Kier alpha value is -2.60. The van der Waals surface area contributed by atoms with Gasteiger partial charge in [-0.05, 0) is 23.6 Å². The second-order valence-electron chi connectivity index (χ2n) is 6.23. The van der Waals surface area contributed by atoms with Crippen LogP contribution in [0.3, 0.4) is 0 Å². The van der Waals surface area contributed by atoms with Crippen LogP contribution in [0.2, 0.25) is 0 Å². The van der Waals surface area contributed by atoms with E-state index in [1.807, 2.05) is 49.4 Å². The van der Waals surface area contributed by atoms with Crippen molar-refractivity contribution in [1.82, 2.24) is 0 Å². The Bertz CT molecular complexity index is 785. The fourth-order valence-electron chi connectivity index (χ4n) is 2.97. The van der Waals surface area contributed by atoms with Crippen LogP contribution in [-0.2, 0) is 10.0 Å². The van der Waals surface area contributed by atoms with Gasteiger partial charge in [-0.2, -0.15) is 0 Å². The van der Waals surface area contributed by atoms with E-state index in [0.717, 1.165) is 5.56 Å². The van der Waals surface area contributed by atoms with Crippen LogP contribution in [-0.4, -0.2) is 9.76 Å². The molecule has 0 aliphatic heterocycles. The first-order valence-electron chi connectivity index (χ1n) is 8.50. The lowest BCUT2D eigenvalue weighted by Crippen LogP contribution is -2.28. The molecule has 0 N–H and O–H groups in total. The maximum Gasteiger partial charge on any atom is 0.175 e. The third-order valence-electron chi connectivity index (χ3n) is 4.54. The third-order valence-corrected chi connectivity index (χ3v) is 6.56. The van der Waals surface area contributed by atoms with E-state index in [9.17, 15) is 0 Å². The summed E-state index contributed by atoms with van der Waals surface area (Å²) in [6, 6.07) is 31.2. The van der Waals surface area contributed by atoms with E-state index in [0.29, 0.717) is 0 Å². The Morgan fingerprint density at radius 1 is 0.800 bits per heavy atom. The van der Waals surface area contributed by atoms with Gasteiger partial charge >= 0.3 is 0 Å². The van der Waals surface area contributed by atoms with Crippen LogP contribution in [0.4, 0.5) is 0 Å². The molecule has 3 aromatic carbocycles. The first-order valence-corrected chi connectivity index (χ1v) is 9.89. The monoisotopic (exact) mass is 342 g/mol. The molecular weight excluding hydrogens is 320 g/mol. The minimum Gasteiger partial charge on any atom is -0.404 e. The second kappa shape index (κ2) is 7.98. The molecule has 25 heavy (non-hydrogen) atoms. The summed E-state index contributed by atoms with van der Waals surface area (Å²) in [7, 11) is -0.973. The lowest BCUT2D eigenvalue weighted by atomic mass is 9.97. The van der Waals surface area contributed by atoms with Crippen LogP contribution in [0, 0.1) is 12.3 Å². The van der Waals surface area contributed by atoms with E-state index in [1.54, 1.807) is 0 Å². The van der Waals surface area contributed by atoms with Gasteiger partial charge in [-0.15, -0.1) is 6.42 Å². The smallest absolute Gasteiger partial charge is 0.175 e. The molecule has 0 fully saturated rings. The maximum absolute atomic E-state index is 6.44. The fourth-order valence-corrected chi connectivity index (χ4v) is 4.65. The largest absolute Gasteiger partial charge is 0.404 e. The Balaban J connectivity index is 1.87. The van der Waals surface area contributed by atoms with Crippen molar-refractivity contribution in [3.8, 4) is 12.3 Å². The molecule has 1 unspecified atom stereocenters. The topological polar surface area (TPSA) is 9.23 Å². The highest BCUT2D eigenvalue weighted by Gasteiger charge is 2.27. The van der Waals surface area contributed by atoms with Gasteiger partial charge in [0.25, 0.3) is 0 Å². The van der Waals surface area contributed by atoms with Gasteiger partial charge in [0.2, 0.25) is 0 Å². The molecule has 0 amide bonds. The van der Waals surface area contributed by atoms with Crippen molar-refractivity contribution in [1.29, 1.82) is 0 Å². The van der Waals surface area contributed by atoms with E-state index in [4.69, 9.17) is 10.8 Å². The Labute approximate surface area is 152 Å². The van der Waals surface area contributed by atoms with E-state index in [2.05, 4.69) is 54.5 Å². The van der Waals surface area contributed by atoms with E-state index < -0.39 is 15.4 Å². The van der Waals surface area contributed by atoms with Crippen molar-refractivity contribution >= 4 is 9.76 Å². The molecule has 3 rings (SSSR count). The summed E-state index contributed by atoms with van der Waals surface area (Å²) in [5, 5.41) is 0. The van der Waals surface area contributed by atoms with Crippen LogP contribution in [0.25, 0.3) is 0 Å². The number of hydrogen-bond acceptors (Lipinski definition) is 1. The van der Waals surface area contributed by atoms with Crippen LogP contribution in [0.1, 0.15) is 29.2 Å². The summed E-state index contributed by atoms with van der Waals surface area (Å²) in [4.78, 5) is 0. The van der Waals surface area contributed by atoms with Crippen LogP contribution in [0.5, 0.6) is 0 Å². The van der Waals surface area contributed by atoms with Crippen LogP contribution in [0.15, 0.2) is 91.0 Å². The highest BCUT2D eigenvalue weighted by Crippen LogP contribution is 2.29. The van der Waals surface area contributed by atoms with Crippen LogP contribution < -0.4 is 0 Å². The van der Waals surface area contributed by atoms with Crippen molar-refractivity contribution < 1.29 is 4.43 Å². The summed E-state index contributed by atoms with van der Waals surface area (Å²) in [5.41, 5.74) is 3.19. The van der Waals surface area contributed by atoms with Crippen molar-refractivity contribution in [2.24, 2.45) is 0 Å². The minimum atomic E-state index is -0.973. The van der Waals surface area contributed by atoms with E-state index >= 15 is 0 Å². The standard InChI is InChI=1S/C23H22OSi/c1-3-23(2,21-17-11-6-12-18-21)24-25-22(19-13-7-4-8-14-19)20-15-9-5-10-16-20/h1,4-18,22H,25H2,2H3. The molecule has 0 heterocycles. The van der Waals surface area contributed by atoms with Gasteiger partial charge in [0.15, 0.2) is 9.76 Å². The molecule has 0 aromatic heterocycles. The van der Waals surface area contributed by atoms with Gasteiger partial charge in [0, 0.05) is 5.54 Å². The Morgan fingerprint density at radius 3 is 1.68 bits per heavy atom. The zero-order chi connectivity index (χ0) is 17.5. The maximum atomic E-state index is 6.44. The Morgan fingerprint density at radius 2 is 1.24 bits per heavy atom. The van der Waals surface area contributed by atoms with Crippen LogP contribution >= 0.6 is 0 Å². The summed E-state index contributed by atoms with van der Waals surface area (Å²) in [5.74, 6) is 2.87. The molecule has 0 spiro atoms. The zero-order valence-corrected chi connectivity index (χ0v) is 15.8. The first-order chi connectivity index (χ1) is 12.2. The zero-order valence-electron chi connectivity index (χ0n) is 14.4.